The fourth-order valence-corrected chi connectivity index (χ4v) is 2.93. The number of carbonyl (C=O) groups is 1. The van der Waals surface area contributed by atoms with Crippen LogP contribution in [0.5, 0.6) is 0 Å². The maximum Gasteiger partial charge on any atom is 0.226 e. The Hall–Kier alpha value is -2.35. The molecule has 2 N–H and O–H groups in total. The summed E-state index contributed by atoms with van der Waals surface area (Å²) < 4.78 is 4.64. The van der Waals surface area contributed by atoms with Crippen molar-refractivity contribution in [3.63, 3.8) is 0 Å². The summed E-state index contributed by atoms with van der Waals surface area (Å²) in [4.78, 5) is 20.3. The van der Waals surface area contributed by atoms with E-state index in [2.05, 4.69) is 30.2 Å². The highest BCUT2D eigenvalue weighted by Crippen LogP contribution is 2.20. The van der Waals surface area contributed by atoms with Gasteiger partial charge in [0, 0.05) is 0 Å². The van der Waals surface area contributed by atoms with Crippen molar-refractivity contribution in [2.75, 3.05) is 12.0 Å². The summed E-state index contributed by atoms with van der Waals surface area (Å²) in [5, 5.41) is 10.5. The topological polar surface area (TPSA) is 96.7 Å². The van der Waals surface area contributed by atoms with Gasteiger partial charge in [0.2, 0.25) is 5.91 Å². The molecule has 0 aliphatic heterocycles. The highest BCUT2D eigenvalue weighted by molar-refractivity contribution is 7.98. The van der Waals surface area contributed by atoms with Crippen LogP contribution in [0.2, 0.25) is 0 Å². The van der Waals surface area contributed by atoms with Gasteiger partial charge in [0.05, 0.1) is 23.5 Å². The van der Waals surface area contributed by atoms with Crippen molar-refractivity contribution in [3.05, 3.63) is 41.5 Å². The van der Waals surface area contributed by atoms with Crippen molar-refractivity contribution in [3.8, 4) is 0 Å². The van der Waals surface area contributed by atoms with Gasteiger partial charge in [-0.2, -0.15) is 11.8 Å². The highest BCUT2D eigenvalue weighted by atomic mass is 32.2. The average Bonchev–Trinajstić information content (AvgIpc) is 3.17. The van der Waals surface area contributed by atoms with E-state index in [0.29, 0.717) is 11.4 Å². The first-order valence-electron chi connectivity index (χ1n) is 7.68. The average molecular weight is 345 g/mol. The highest BCUT2D eigenvalue weighted by Gasteiger charge is 2.19. The van der Waals surface area contributed by atoms with Gasteiger partial charge in [-0.3, -0.25) is 4.79 Å². The number of hydrogen-bond donors (Lipinski definition) is 2. The van der Waals surface area contributed by atoms with Crippen LogP contribution in [-0.2, 0) is 11.2 Å². The summed E-state index contributed by atoms with van der Waals surface area (Å²) in [6.45, 7) is 1.77. The van der Waals surface area contributed by atoms with Crippen molar-refractivity contribution in [1.82, 2.24) is 25.6 Å². The van der Waals surface area contributed by atoms with E-state index in [1.807, 2.05) is 30.5 Å². The number of amides is 1. The fraction of sp³-hybridized carbons (Fsp3) is 0.375. The summed E-state index contributed by atoms with van der Waals surface area (Å²) in [5.74, 6) is 1.57. The third-order valence-corrected chi connectivity index (χ3v) is 4.40. The molecule has 2 heterocycles. The number of benzene rings is 1. The molecule has 1 unspecified atom stereocenters. The van der Waals surface area contributed by atoms with Gasteiger partial charge in [0.15, 0.2) is 0 Å². The quantitative estimate of drug-likeness (QED) is 0.682. The van der Waals surface area contributed by atoms with Gasteiger partial charge in [0.1, 0.15) is 17.2 Å². The Morgan fingerprint density at radius 1 is 1.38 bits per heavy atom. The van der Waals surface area contributed by atoms with Gasteiger partial charge in [0.25, 0.3) is 0 Å². The molecule has 0 saturated carbocycles. The second-order valence-corrected chi connectivity index (χ2v) is 6.50. The van der Waals surface area contributed by atoms with Crippen LogP contribution >= 0.6 is 11.8 Å². The molecular formula is C16H19N5O2S. The number of aromatic nitrogens is 4. The predicted molar refractivity (Wildman–Crippen MR) is 92.7 cm³/mol. The minimum atomic E-state index is -0.169. The number of imidazole rings is 1. The first-order chi connectivity index (χ1) is 11.7. The number of fused-ring (bicyclic) bond motifs is 1. The standard InChI is InChI=1S/C16H19N5O2S/c1-10-14(21-23-20-10)9-15(22)17-13(7-8-24-2)16-18-11-5-3-4-6-12(11)19-16/h3-6,13H,7-9H2,1-2H3,(H,17,22)(H,18,19). The predicted octanol–water partition coefficient (Wildman–Crippen LogP) is 2.41. The minimum absolute atomic E-state index is 0.125. The van der Waals surface area contributed by atoms with Gasteiger partial charge in [-0.15, -0.1) is 0 Å². The molecular weight excluding hydrogens is 326 g/mol. The van der Waals surface area contributed by atoms with Gasteiger partial charge < -0.3 is 10.3 Å². The van der Waals surface area contributed by atoms with Crippen LogP contribution in [0.25, 0.3) is 11.0 Å². The van der Waals surface area contributed by atoms with Crippen molar-refractivity contribution >= 4 is 28.7 Å². The molecule has 1 aromatic carbocycles. The number of carbonyl (C=O) groups excluding carboxylic acids is 1. The lowest BCUT2D eigenvalue weighted by Crippen LogP contribution is -2.31. The van der Waals surface area contributed by atoms with E-state index in [4.69, 9.17) is 0 Å². The summed E-state index contributed by atoms with van der Waals surface area (Å²) in [6.07, 6.45) is 2.98. The lowest BCUT2D eigenvalue weighted by molar-refractivity contribution is -0.121. The molecule has 0 spiro atoms. The van der Waals surface area contributed by atoms with Crippen LogP contribution in [-0.4, -0.2) is 38.2 Å². The number of para-hydroxylation sites is 2. The van der Waals surface area contributed by atoms with E-state index >= 15 is 0 Å². The van der Waals surface area contributed by atoms with E-state index in [1.54, 1.807) is 18.7 Å². The lowest BCUT2D eigenvalue weighted by Gasteiger charge is -2.16. The van der Waals surface area contributed by atoms with E-state index in [0.717, 1.165) is 29.0 Å². The summed E-state index contributed by atoms with van der Waals surface area (Å²) >= 11 is 1.74. The molecule has 7 nitrogen and oxygen atoms in total. The summed E-state index contributed by atoms with van der Waals surface area (Å²) in [6, 6.07) is 7.66. The second kappa shape index (κ2) is 7.48. The second-order valence-electron chi connectivity index (χ2n) is 5.51. The Bertz CT molecular complexity index is 796. The van der Waals surface area contributed by atoms with Crippen LogP contribution < -0.4 is 5.32 Å². The number of rotatable bonds is 7. The van der Waals surface area contributed by atoms with Crippen molar-refractivity contribution in [1.29, 1.82) is 0 Å². The molecule has 1 amide bonds. The van der Waals surface area contributed by atoms with E-state index in [9.17, 15) is 4.79 Å². The van der Waals surface area contributed by atoms with E-state index < -0.39 is 0 Å². The summed E-state index contributed by atoms with van der Waals surface area (Å²) in [5.41, 5.74) is 3.05. The molecule has 0 aliphatic rings. The van der Waals surface area contributed by atoms with Crippen molar-refractivity contribution in [2.24, 2.45) is 0 Å². The number of aromatic amines is 1. The number of nitrogens with zero attached hydrogens (tertiary/aromatic N) is 3. The SMILES string of the molecule is CSCCC(NC(=O)Cc1nonc1C)c1nc2ccccc2[nH]1. The number of aryl methyl sites for hydroxylation is 1. The van der Waals surface area contributed by atoms with Gasteiger partial charge in [-0.05, 0) is 37.5 Å². The van der Waals surface area contributed by atoms with Crippen LogP contribution in [0, 0.1) is 6.92 Å². The molecule has 3 aromatic rings. The molecule has 2 aromatic heterocycles. The maximum atomic E-state index is 12.4. The molecule has 24 heavy (non-hydrogen) atoms. The van der Waals surface area contributed by atoms with Gasteiger partial charge in [-0.1, -0.05) is 22.4 Å². The molecule has 3 rings (SSSR count). The van der Waals surface area contributed by atoms with E-state index in [1.165, 1.54) is 0 Å². The molecule has 0 fully saturated rings. The Labute approximate surface area is 143 Å². The van der Waals surface area contributed by atoms with Crippen LogP contribution in [0.3, 0.4) is 0 Å². The van der Waals surface area contributed by atoms with Crippen molar-refractivity contribution < 1.29 is 9.42 Å². The summed E-state index contributed by atoms with van der Waals surface area (Å²) in [7, 11) is 0. The number of nitrogens with one attached hydrogen (secondary N) is 2. The Kier molecular flexibility index (Phi) is 5.14. The first-order valence-corrected chi connectivity index (χ1v) is 9.07. The molecule has 0 aliphatic carbocycles. The lowest BCUT2D eigenvalue weighted by atomic mass is 10.2. The zero-order chi connectivity index (χ0) is 16.9. The number of H-pyrrole nitrogens is 1. The molecule has 0 saturated heterocycles. The molecule has 0 bridgehead atoms. The third kappa shape index (κ3) is 3.76. The Balaban J connectivity index is 1.75. The zero-order valence-electron chi connectivity index (χ0n) is 13.6. The smallest absolute Gasteiger partial charge is 0.226 e. The normalized spacial score (nSPS) is 12.4. The van der Waals surface area contributed by atoms with Gasteiger partial charge in [-0.25, -0.2) is 9.61 Å². The number of hydrogen-bond acceptors (Lipinski definition) is 6. The third-order valence-electron chi connectivity index (χ3n) is 3.76. The molecule has 1 atom stereocenters. The van der Waals surface area contributed by atoms with Gasteiger partial charge >= 0.3 is 0 Å². The zero-order valence-corrected chi connectivity index (χ0v) is 14.4. The fourth-order valence-electron chi connectivity index (χ4n) is 2.46. The number of thioether (sulfide) groups is 1. The largest absolute Gasteiger partial charge is 0.346 e. The minimum Gasteiger partial charge on any atom is -0.346 e. The molecule has 126 valence electrons. The molecule has 8 heteroatoms. The maximum absolute atomic E-state index is 12.4. The van der Waals surface area contributed by atoms with Crippen LogP contribution in [0.15, 0.2) is 28.9 Å². The Morgan fingerprint density at radius 2 is 2.21 bits per heavy atom. The van der Waals surface area contributed by atoms with Crippen LogP contribution in [0.1, 0.15) is 29.7 Å². The van der Waals surface area contributed by atoms with Crippen molar-refractivity contribution in [2.45, 2.75) is 25.8 Å². The molecule has 0 radical (unpaired) electrons. The Morgan fingerprint density at radius 3 is 2.92 bits per heavy atom. The van der Waals surface area contributed by atoms with Crippen LogP contribution in [0.4, 0.5) is 0 Å². The monoisotopic (exact) mass is 345 g/mol. The first kappa shape index (κ1) is 16.5. The van der Waals surface area contributed by atoms with E-state index in [-0.39, 0.29) is 18.4 Å².